The number of rotatable bonds is 2. The monoisotopic (exact) mass is 333 g/mol. The molecule has 1 aromatic rings. The van der Waals surface area contributed by atoms with E-state index in [9.17, 15) is 13.2 Å². The van der Waals surface area contributed by atoms with E-state index in [0.29, 0.717) is 0 Å². The third kappa shape index (κ3) is 3.09. The molecule has 4 N–H and O–H groups in total. The van der Waals surface area contributed by atoms with Crippen LogP contribution in [0.5, 0.6) is 5.75 Å². The number of nitrogens with zero attached hydrogens (tertiary/aromatic N) is 1. The van der Waals surface area contributed by atoms with E-state index in [0.717, 1.165) is 0 Å². The van der Waals surface area contributed by atoms with Gasteiger partial charge in [-0.2, -0.15) is 0 Å². The van der Waals surface area contributed by atoms with Crippen molar-refractivity contribution in [2.75, 3.05) is 5.73 Å². The minimum atomic E-state index is -4.78. The van der Waals surface area contributed by atoms with Crippen molar-refractivity contribution in [3.63, 3.8) is 0 Å². The molecule has 1 rings (SSSR count). The highest BCUT2D eigenvalue weighted by molar-refractivity contribution is 14.1. The van der Waals surface area contributed by atoms with Crippen LogP contribution in [0.2, 0.25) is 0 Å². The van der Waals surface area contributed by atoms with Gasteiger partial charge >= 0.3 is 6.36 Å². The summed E-state index contributed by atoms with van der Waals surface area (Å²) < 4.78 is 40.1. The van der Waals surface area contributed by atoms with Crippen molar-refractivity contribution >= 4 is 28.3 Å². The second-order valence-electron chi connectivity index (χ2n) is 2.56. The fourth-order valence-corrected chi connectivity index (χ4v) is 1.45. The summed E-state index contributed by atoms with van der Waals surface area (Å²) in [5.41, 5.74) is 10.8. The Hall–Kier alpha value is -0.770. The Balaban J connectivity index is 3.18. The fourth-order valence-electron chi connectivity index (χ4n) is 0.885. The third-order valence-electron chi connectivity index (χ3n) is 1.49. The number of alkyl halides is 3. The molecule has 0 amide bonds. The van der Waals surface area contributed by atoms with Gasteiger partial charge < -0.3 is 16.2 Å². The lowest BCUT2D eigenvalue weighted by Crippen LogP contribution is -2.20. The molecule has 0 saturated heterocycles. The van der Waals surface area contributed by atoms with Gasteiger partial charge in [-0.3, -0.25) is 4.98 Å². The van der Waals surface area contributed by atoms with Crippen molar-refractivity contribution in [1.29, 1.82) is 0 Å². The quantitative estimate of drug-likeness (QED) is 0.807. The molecule has 0 spiro atoms. The molecule has 84 valence electrons. The Kier molecular flexibility index (Phi) is 3.60. The molecule has 4 nitrogen and oxygen atoms in total. The number of hydrogen-bond donors (Lipinski definition) is 2. The molecule has 0 radical (unpaired) electrons. The summed E-state index contributed by atoms with van der Waals surface area (Å²) in [7, 11) is 0. The first kappa shape index (κ1) is 12.3. The van der Waals surface area contributed by atoms with Crippen LogP contribution in [0, 0.1) is 3.57 Å². The first-order valence-corrected chi connectivity index (χ1v) is 4.81. The molecule has 0 aliphatic rings. The van der Waals surface area contributed by atoms with E-state index >= 15 is 0 Å². The van der Waals surface area contributed by atoms with E-state index in [1.165, 1.54) is 6.20 Å². The summed E-state index contributed by atoms with van der Waals surface area (Å²) in [6, 6.07) is 0. The first-order valence-electron chi connectivity index (χ1n) is 3.74. The standard InChI is InChI=1S/C7H7F3IN3O/c8-7(9,10)15-6-4(1-12)14-2-3(13)5(6)11/h2H,1,12-13H2. The Labute approximate surface area is 96.9 Å². The number of ether oxygens (including phenoxy) is 1. The maximum absolute atomic E-state index is 12.0. The lowest BCUT2D eigenvalue weighted by atomic mass is 10.3. The Morgan fingerprint density at radius 1 is 1.47 bits per heavy atom. The van der Waals surface area contributed by atoms with Gasteiger partial charge in [0, 0.05) is 6.54 Å². The molecular formula is C7H7F3IN3O. The smallest absolute Gasteiger partial charge is 0.403 e. The first-order chi connectivity index (χ1) is 6.85. The van der Waals surface area contributed by atoms with Crippen molar-refractivity contribution in [3.8, 4) is 5.75 Å². The van der Waals surface area contributed by atoms with Gasteiger partial charge in [0.2, 0.25) is 0 Å². The van der Waals surface area contributed by atoms with Gasteiger partial charge in [0.05, 0.1) is 21.1 Å². The van der Waals surface area contributed by atoms with E-state index in [4.69, 9.17) is 11.5 Å². The highest BCUT2D eigenvalue weighted by Crippen LogP contribution is 2.32. The van der Waals surface area contributed by atoms with E-state index < -0.39 is 12.1 Å². The number of halogens is 4. The van der Waals surface area contributed by atoms with Crippen LogP contribution in [-0.4, -0.2) is 11.3 Å². The molecule has 0 atom stereocenters. The highest BCUT2D eigenvalue weighted by Gasteiger charge is 2.33. The van der Waals surface area contributed by atoms with Crippen LogP contribution >= 0.6 is 22.6 Å². The third-order valence-corrected chi connectivity index (χ3v) is 2.60. The number of hydrogen-bond acceptors (Lipinski definition) is 4. The lowest BCUT2D eigenvalue weighted by Gasteiger charge is -2.14. The molecule has 0 fully saturated rings. The molecule has 8 heteroatoms. The number of nitrogen functional groups attached to an aromatic ring is 1. The number of nitrogens with two attached hydrogens (primary N) is 2. The van der Waals surface area contributed by atoms with Gasteiger partial charge in [-0.15, -0.1) is 13.2 Å². The van der Waals surface area contributed by atoms with Crippen LogP contribution in [0.4, 0.5) is 18.9 Å². The molecule has 1 aromatic heterocycles. The maximum Gasteiger partial charge on any atom is 0.573 e. The minimum Gasteiger partial charge on any atom is -0.403 e. The van der Waals surface area contributed by atoms with E-state index in [2.05, 4.69) is 9.72 Å². The summed E-state index contributed by atoms with van der Waals surface area (Å²) in [5, 5.41) is 0. The van der Waals surface area contributed by atoms with Crippen molar-refractivity contribution in [1.82, 2.24) is 4.98 Å². The molecule has 0 aliphatic heterocycles. The molecule has 15 heavy (non-hydrogen) atoms. The van der Waals surface area contributed by atoms with Crippen LogP contribution in [0.25, 0.3) is 0 Å². The average Bonchev–Trinajstić information content (AvgIpc) is 2.11. The van der Waals surface area contributed by atoms with Crippen LogP contribution < -0.4 is 16.2 Å². The normalized spacial score (nSPS) is 11.5. The molecule has 0 unspecified atom stereocenters. The van der Waals surface area contributed by atoms with E-state index in [1.807, 2.05) is 0 Å². The average molecular weight is 333 g/mol. The lowest BCUT2D eigenvalue weighted by molar-refractivity contribution is -0.275. The zero-order valence-corrected chi connectivity index (χ0v) is 9.46. The predicted molar refractivity (Wildman–Crippen MR) is 55.9 cm³/mol. The van der Waals surface area contributed by atoms with Gasteiger partial charge in [0.1, 0.15) is 0 Å². The SMILES string of the molecule is NCc1ncc(N)c(I)c1OC(F)(F)F. The molecule has 0 aromatic carbocycles. The summed E-state index contributed by atoms with van der Waals surface area (Å²) in [4.78, 5) is 3.66. The van der Waals surface area contributed by atoms with Crippen molar-refractivity contribution in [3.05, 3.63) is 15.5 Å². The maximum atomic E-state index is 12.0. The fraction of sp³-hybridized carbons (Fsp3) is 0.286. The largest absolute Gasteiger partial charge is 0.573 e. The summed E-state index contributed by atoms with van der Waals surface area (Å²) in [6.45, 7) is -0.151. The summed E-state index contributed by atoms with van der Waals surface area (Å²) in [6.07, 6.45) is -3.54. The number of aromatic nitrogens is 1. The zero-order valence-electron chi connectivity index (χ0n) is 7.31. The molecule has 0 bridgehead atoms. The van der Waals surface area contributed by atoms with Crippen LogP contribution in [0.3, 0.4) is 0 Å². The second-order valence-corrected chi connectivity index (χ2v) is 3.63. The number of pyridine rings is 1. The summed E-state index contributed by atoms with van der Waals surface area (Å²) >= 11 is 1.65. The Morgan fingerprint density at radius 2 is 2.07 bits per heavy atom. The molecule has 0 aliphatic carbocycles. The summed E-state index contributed by atoms with van der Waals surface area (Å²) in [5.74, 6) is -0.425. The number of anilines is 1. The highest BCUT2D eigenvalue weighted by atomic mass is 127. The molecule has 1 heterocycles. The molecule has 0 saturated carbocycles. The van der Waals surface area contributed by atoms with Crippen molar-refractivity contribution in [2.45, 2.75) is 12.9 Å². The van der Waals surface area contributed by atoms with Gasteiger partial charge in [0.15, 0.2) is 5.75 Å². The van der Waals surface area contributed by atoms with Crippen LogP contribution in [0.1, 0.15) is 5.69 Å². The van der Waals surface area contributed by atoms with Crippen molar-refractivity contribution < 1.29 is 17.9 Å². The topological polar surface area (TPSA) is 74.2 Å². The zero-order chi connectivity index (χ0) is 11.6. The molecular weight excluding hydrogens is 326 g/mol. The van der Waals surface area contributed by atoms with Gasteiger partial charge in [0.25, 0.3) is 0 Å². The van der Waals surface area contributed by atoms with Gasteiger partial charge in [-0.1, -0.05) is 0 Å². The van der Waals surface area contributed by atoms with E-state index in [1.54, 1.807) is 22.6 Å². The second kappa shape index (κ2) is 4.39. The minimum absolute atomic E-state index is 0.0194. The van der Waals surface area contributed by atoms with Crippen LogP contribution in [-0.2, 0) is 6.54 Å². The van der Waals surface area contributed by atoms with Crippen molar-refractivity contribution in [2.24, 2.45) is 5.73 Å². The van der Waals surface area contributed by atoms with E-state index in [-0.39, 0.29) is 21.5 Å². The Bertz CT molecular complexity index is 369. The van der Waals surface area contributed by atoms with Gasteiger partial charge in [-0.05, 0) is 22.6 Å². The Morgan fingerprint density at radius 3 is 2.53 bits per heavy atom. The van der Waals surface area contributed by atoms with Crippen LogP contribution in [0.15, 0.2) is 6.20 Å². The predicted octanol–water partition coefficient (Wildman–Crippen LogP) is 1.63. The van der Waals surface area contributed by atoms with Gasteiger partial charge in [-0.25, -0.2) is 0 Å².